The monoisotopic (exact) mass is 247 g/mol. The summed E-state index contributed by atoms with van der Waals surface area (Å²) in [7, 11) is 2.09. The molecule has 1 heterocycles. The van der Waals surface area contributed by atoms with Gasteiger partial charge in [-0.25, -0.2) is 0 Å². The maximum Gasteiger partial charge on any atom is 0.122 e. The van der Waals surface area contributed by atoms with E-state index in [-0.39, 0.29) is 0 Å². The van der Waals surface area contributed by atoms with Crippen LogP contribution in [-0.4, -0.2) is 19.7 Å². The zero-order valence-corrected chi connectivity index (χ0v) is 11.8. The minimum Gasteiger partial charge on any atom is -0.493 e. The standard InChI is InChI=1S/C16H25NO/c1-12(2)8-9-15(17-3)13-10-11-18-16-7-5-4-6-14(13)16/h4-7,12-13,15,17H,8-11H2,1-3H3. The molecule has 0 amide bonds. The van der Waals surface area contributed by atoms with Gasteiger partial charge in [0.15, 0.2) is 0 Å². The van der Waals surface area contributed by atoms with E-state index in [2.05, 4.69) is 50.5 Å². The highest BCUT2D eigenvalue weighted by atomic mass is 16.5. The molecule has 1 N–H and O–H groups in total. The molecule has 18 heavy (non-hydrogen) atoms. The Balaban J connectivity index is 2.12. The van der Waals surface area contributed by atoms with Gasteiger partial charge in [-0.05, 0) is 43.9 Å². The van der Waals surface area contributed by atoms with Crippen LogP contribution in [0.2, 0.25) is 0 Å². The summed E-state index contributed by atoms with van der Waals surface area (Å²) in [6, 6.07) is 9.06. The lowest BCUT2D eigenvalue weighted by Crippen LogP contribution is -2.35. The highest BCUT2D eigenvalue weighted by Crippen LogP contribution is 2.36. The maximum atomic E-state index is 5.75. The minimum atomic E-state index is 0.567. The third-order valence-corrected chi connectivity index (χ3v) is 3.92. The van der Waals surface area contributed by atoms with Gasteiger partial charge in [-0.3, -0.25) is 0 Å². The fourth-order valence-electron chi connectivity index (χ4n) is 2.85. The molecule has 0 aromatic heterocycles. The summed E-state index contributed by atoms with van der Waals surface area (Å²) in [6.07, 6.45) is 3.65. The van der Waals surface area contributed by atoms with E-state index in [9.17, 15) is 0 Å². The van der Waals surface area contributed by atoms with E-state index < -0.39 is 0 Å². The average Bonchev–Trinajstić information content (AvgIpc) is 2.39. The number of hydrogen-bond donors (Lipinski definition) is 1. The Morgan fingerprint density at radius 2 is 2.06 bits per heavy atom. The van der Waals surface area contributed by atoms with Gasteiger partial charge in [0.05, 0.1) is 6.61 Å². The van der Waals surface area contributed by atoms with E-state index in [1.807, 2.05) is 0 Å². The van der Waals surface area contributed by atoms with Gasteiger partial charge in [0.25, 0.3) is 0 Å². The molecule has 1 aromatic rings. The second kappa shape index (κ2) is 6.24. The molecule has 0 saturated heterocycles. The van der Waals surface area contributed by atoms with Gasteiger partial charge >= 0.3 is 0 Å². The summed E-state index contributed by atoms with van der Waals surface area (Å²) in [6.45, 7) is 5.44. The molecule has 1 aliphatic rings. The van der Waals surface area contributed by atoms with Gasteiger partial charge < -0.3 is 10.1 Å². The zero-order chi connectivity index (χ0) is 13.0. The van der Waals surface area contributed by atoms with Crippen LogP contribution in [0.4, 0.5) is 0 Å². The summed E-state index contributed by atoms with van der Waals surface area (Å²) in [4.78, 5) is 0. The molecule has 0 fully saturated rings. The van der Waals surface area contributed by atoms with Gasteiger partial charge in [0, 0.05) is 12.0 Å². The number of likely N-dealkylation sites (N-methyl/N-ethyl adjacent to an activating group) is 1. The first kappa shape index (κ1) is 13.4. The fourth-order valence-corrected chi connectivity index (χ4v) is 2.85. The van der Waals surface area contributed by atoms with E-state index in [0.717, 1.165) is 24.7 Å². The topological polar surface area (TPSA) is 21.3 Å². The third kappa shape index (κ3) is 3.05. The zero-order valence-electron chi connectivity index (χ0n) is 11.8. The van der Waals surface area contributed by atoms with Crippen molar-refractivity contribution in [2.24, 2.45) is 5.92 Å². The number of para-hydroxylation sites is 1. The van der Waals surface area contributed by atoms with Crippen molar-refractivity contribution in [3.05, 3.63) is 29.8 Å². The molecular formula is C16H25NO. The lowest BCUT2D eigenvalue weighted by Gasteiger charge is -2.32. The Morgan fingerprint density at radius 3 is 2.78 bits per heavy atom. The van der Waals surface area contributed by atoms with Crippen LogP contribution in [-0.2, 0) is 0 Å². The molecule has 100 valence electrons. The Hall–Kier alpha value is -1.02. The number of rotatable bonds is 5. The van der Waals surface area contributed by atoms with Crippen molar-refractivity contribution >= 4 is 0 Å². The van der Waals surface area contributed by atoms with Crippen LogP contribution in [0, 0.1) is 5.92 Å². The number of fused-ring (bicyclic) bond motifs is 1. The van der Waals surface area contributed by atoms with E-state index in [1.165, 1.54) is 18.4 Å². The van der Waals surface area contributed by atoms with Crippen LogP contribution in [0.15, 0.2) is 24.3 Å². The van der Waals surface area contributed by atoms with Crippen LogP contribution in [0.1, 0.15) is 44.6 Å². The molecule has 2 nitrogen and oxygen atoms in total. The highest BCUT2D eigenvalue weighted by molar-refractivity contribution is 5.38. The van der Waals surface area contributed by atoms with Crippen molar-refractivity contribution in [1.29, 1.82) is 0 Å². The van der Waals surface area contributed by atoms with E-state index in [4.69, 9.17) is 4.74 Å². The van der Waals surface area contributed by atoms with Gasteiger partial charge in [0.2, 0.25) is 0 Å². The first-order chi connectivity index (χ1) is 8.72. The molecule has 1 aliphatic heterocycles. The van der Waals surface area contributed by atoms with Crippen LogP contribution in [0.3, 0.4) is 0 Å². The largest absolute Gasteiger partial charge is 0.493 e. The molecule has 0 bridgehead atoms. The number of hydrogen-bond acceptors (Lipinski definition) is 2. The van der Waals surface area contributed by atoms with Gasteiger partial charge in [0.1, 0.15) is 5.75 Å². The maximum absolute atomic E-state index is 5.75. The van der Waals surface area contributed by atoms with Gasteiger partial charge in [-0.1, -0.05) is 32.0 Å². The van der Waals surface area contributed by atoms with E-state index in [0.29, 0.717) is 12.0 Å². The molecule has 2 rings (SSSR count). The van der Waals surface area contributed by atoms with Crippen molar-refractivity contribution in [3.63, 3.8) is 0 Å². The van der Waals surface area contributed by atoms with E-state index >= 15 is 0 Å². The van der Waals surface area contributed by atoms with Gasteiger partial charge in [-0.2, -0.15) is 0 Å². The van der Waals surface area contributed by atoms with Gasteiger partial charge in [-0.15, -0.1) is 0 Å². The van der Waals surface area contributed by atoms with Crippen molar-refractivity contribution in [2.45, 2.75) is 45.1 Å². The predicted molar refractivity (Wildman–Crippen MR) is 76.2 cm³/mol. The molecule has 2 atom stereocenters. The number of benzene rings is 1. The molecule has 0 aliphatic carbocycles. The molecule has 2 unspecified atom stereocenters. The molecular weight excluding hydrogens is 222 g/mol. The Labute approximate surface area is 111 Å². The molecule has 1 aromatic carbocycles. The van der Waals surface area contributed by atoms with Crippen molar-refractivity contribution in [3.8, 4) is 5.75 Å². The van der Waals surface area contributed by atoms with E-state index in [1.54, 1.807) is 0 Å². The Kier molecular flexibility index (Phi) is 4.65. The second-order valence-corrected chi connectivity index (χ2v) is 5.65. The first-order valence-corrected chi connectivity index (χ1v) is 7.11. The summed E-state index contributed by atoms with van der Waals surface area (Å²) >= 11 is 0. The first-order valence-electron chi connectivity index (χ1n) is 7.11. The average molecular weight is 247 g/mol. The SMILES string of the molecule is CNC(CCC(C)C)C1CCOc2ccccc21. The predicted octanol–water partition coefficient (Wildman–Crippen LogP) is 3.58. The van der Waals surface area contributed by atoms with Crippen molar-refractivity contribution in [1.82, 2.24) is 5.32 Å². The summed E-state index contributed by atoms with van der Waals surface area (Å²) in [5.74, 6) is 2.45. The Morgan fingerprint density at radius 1 is 1.28 bits per heavy atom. The second-order valence-electron chi connectivity index (χ2n) is 5.65. The van der Waals surface area contributed by atoms with Crippen LogP contribution >= 0.6 is 0 Å². The molecule has 2 heteroatoms. The molecule has 0 spiro atoms. The fraction of sp³-hybridized carbons (Fsp3) is 0.625. The molecule has 0 radical (unpaired) electrons. The minimum absolute atomic E-state index is 0.567. The van der Waals surface area contributed by atoms with Crippen molar-refractivity contribution < 1.29 is 4.74 Å². The summed E-state index contributed by atoms with van der Waals surface area (Å²) < 4.78 is 5.75. The number of ether oxygens (including phenoxy) is 1. The Bertz CT molecular complexity index is 375. The summed E-state index contributed by atoms with van der Waals surface area (Å²) in [5.41, 5.74) is 1.38. The highest BCUT2D eigenvalue weighted by Gasteiger charge is 2.27. The van der Waals surface area contributed by atoms with Crippen molar-refractivity contribution in [2.75, 3.05) is 13.7 Å². The summed E-state index contributed by atoms with van der Waals surface area (Å²) in [5, 5.41) is 3.51. The van der Waals surface area contributed by atoms with Crippen LogP contribution < -0.4 is 10.1 Å². The molecule has 0 saturated carbocycles. The smallest absolute Gasteiger partial charge is 0.122 e. The van der Waals surface area contributed by atoms with Crippen LogP contribution in [0.25, 0.3) is 0 Å². The lowest BCUT2D eigenvalue weighted by molar-refractivity contribution is 0.241. The third-order valence-electron chi connectivity index (χ3n) is 3.92. The van der Waals surface area contributed by atoms with Crippen LogP contribution in [0.5, 0.6) is 5.75 Å². The quantitative estimate of drug-likeness (QED) is 0.858. The lowest BCUT2D eigenvalue weighted by atomic mass is 9.83. The normalized spacial score (nSPS) is 20.3. The number of nitrogens with one attached hydrogen (secondary N) is 1.